The SMILES string of the molecule is CN(C)C(=O)Sc1ccc(C(C)(C)c2ccc(SC(=O)N(C)C)cc2)cc1. The lowest BCUT2D eigenvalue weighted by molar-refractivity contribution is 0.240. The molecule has 2 rings (SSSR count). The molecular formula is C21H26N2O2S2. The largest absolute Gasteiger partial charge is 0.339 e. The summed E-state index contributed by atoms with van der Waals surface area (Å²) in [6, 6.07) is 16.2. The van der Waals surface area contributed by atoms with Crippen molar-refractivity contribution in [3.8, 4) is 0 Å². The number of carbonyl (C=O) groups is 2. The summed E-state index contributed by atoms with van der Waals surface area (Å²) in [5.41, 5.74) is 2.17. The van der Waals surface area contributed by atoms with E-state index in [1.807, 2.05) is 24.3 Å². The van der Waals surface area contributed by atoms with E-state index in [1.54, 1.807) is 38.0 Å². The average molecular weight is 403 g/mol. The van der Waals surface area contributed by atoms with Crippen molar-refractivity contribution in [1.82, 2.24) is 9.80 Å². The van der Waals surface area contributed by atoms with E-state index in [9.17, 15) is 9.59 Å². The lowest BCUT2D eigenvalue weighted by Gasteiger charge is -2.26. The number of hydrogen-bond acceptors (Lipinski definition) is 4. The molecule has 0 N–H and O–H groups in total. The van der Waals surface area contributed by atoms with Gasteiger partial charge < -0.3 is 9.80 Å². The van der Waals surface area contributed by atoms with E-state index in [0.717, 1.165) is 9.79 Å². The van der Waals surface area contributed by atoms with Crippen LogP contribution in [0.4, 0.5) is 9.59 Å². The zero-order chi connectivity index (χ0) is 20.2. The van der Waals surface area contributed by atoms with Crippen molar-refractivity contribution in [3.63, 3.8) is 0 Å². The molecule has 4 nitrogen and oxygen atoms in total. The highest BCUT2D eigenvalue weighted by molar-refractivity contribution is 8.13. The summed E-state index contributed by atoms with van der Waals surface area (Å²) in [5.74, 6) is 0. The van der Waals surface area contributed by atoms with Gasteiger partial charge in [0, 0.05) is 43.4 Å². The van der Waals surface area contributed by atoms with E-state index in [1.165, 1.54) is 34.7 Å². The number of rotatable bonds is 4. The van der Waals surface area contributed by atoms with Gasteiger partial charge in [-0.2, -0.15) is 0 Å². The van der Waals surface area contributed by atoms with Gasteiger partial charge >= 0.3 is 0 Å². The van der Waals surface area contributed by atoms with Gasteiger partial charge in [0.15, 0.2) is 0 Å². The first-order valence-corrected chi connectivity index (χ1v) is 10.2. The van der Waals surface area contributed by atoms with Gasteiger partial charge in [0.1, 0.15) is 0 Å². The Balaban J connectivity index is 2.15. The van der Waals surface area contributed by atoms with Crippen molar-refractivity contribution in [1.29, 1.82) is 0 Å². The van der Waals surface area contributed by atoms with Gasteiger partial charge in [0.2, 0.25) is 0 Å². The Bertz CT molecular complexity index is 730. The molecule has 0 aliphatic heterocycles. The standard InChI is InChI=1S/C21H26N2O2S2/c1-21(2,15-7-11-17(12-8-15)26-19(24)22(3)4)16-9-13-18(14-10-16)27-20(25)23(5)6/h7-14H,1-6H3. The zero-order valence-electron chi connectivity index (χ0n) is 16.6. The molecule has 0 atom stereocenters. The second-order valence-corrected chi connectivity index (χ2v) is 9.25. The summed E-state index contributed by atoms with van der Waals surface area (Å²) in [6.07, 6.45) is 0. The molecule has 0 heterocycles. The van der Waals surface area contributed by atoms with Gasteiger partial charge in [-0.05, 0) is 58.9 Å². The van der Waals surface area contributed by atoms with E-state index in [-0.39, 0.29) is 15.9 Å². The van der Waals surface area contributed by atoms with Gasteiger partial charge in [0.05, 0.1) is 0 Å². The quantitative estimate of drug-likeness (QED) is 0.628. The Kier molecular flexibility index (Phi) is 7.00. The first-order valence-electron chi connectivity index (χ1n) is 8.60. The topological polar surface area (TPSA) is 40.6 Å². The Morgan fingerprint density at radius 1 is 0.667 bits per heavy atom. The summed E-state index contributed by atoms with van der Waals surface area (Å²) < 4.78 is 0. The minimum absolute atomic E-state index is 0.0161. The summed E-state index contributed by atoms with van der Waals surface area (Å²) >= 11 is 2.45. The molecule has 144 valence electrons. The second kappa shape index (κ2) is 8.85. The molecule has 2 aromatic carbocycles. The predicted molar refractivity (Wildman–Crippen MR) is 115 cm³/mol. The smallest absolute Gasteiger partial charge is 0.285 e. The number of amides is 2. The number of hydrogen-bond donors (Lipinski definition) is 0. The highest BCUT2D eigenvalue weighted by atomic mass is 32.2. The van der Waals surface area contributed by atoms with E-state index in [2.05, 4.69) is 38.1 Å². The molecule has 0 saturated carbocycles. The first kappa shape index (κ1) is 21.4. The second-order valence-electron chi connectivity index (χ2n) is 7.20. The van der Waals surface area contributed by atoms with Crippen molar-refractivity contribution in [3.05, 3.63) is 59.7 Å². The highest BCUT2D eigenvalue weighted by Gasteiger charge is 2.23. The summed E-state index contributed by atoms with van der Waals surface area (Å²) in [7, 11) is 7.00. The minimum atomic E-state index is -0.177. The van der Waals surface area contributed by atoms with Crippen LogP contribution in [0.5, 0.6) is 0 Å². The van der Waals surface area contributed by atoms with E-state index in [0.29, 0.717) is 0 Å². The normalized spacial score (nSPS) is 11.2. The summed E-state index contributed by atoms with van der Waals surface area (Å²) in [6.45, 7) is 4.35. The molecule has 6 heteroatoms. The Labute approximate surface area is 170 Å². The first-order chi connectivity index (χ1) is 12.6. The van der Waals surface area contributed by atoms with E-state index >= 15 is 0 Å². The molecule has 27 heavy (non-hydrogen) atoms. The summed E-state index contributed by atoms with van der Waals surface area (Å²) in [4.78, 5) is 28.7. The van der Waals surface area contributed by atoms with Crippen molar-refractivity contribution in [2.75, 3.05) is 28.2 Å². The zero-order valence-corrected chi connectivity index (χ0v) is 18.3. The van der Waals surface area contributed by atoms with Gasteiger partial charge in [-0.25, -0.2) is 0 Å². The maximum absolute atomic E-state index is 11.8. The number of thioether (sulfide) groups is 2. The van der Waals surface area contributed by atoms with Gasteiger partial charge in [-0.1, -0.05) is 38.1 Å². The van der Waals surface area contributed by atoms with Crippen LogP contribution in [0.1, 0.15) is 25.0 Å². The molecule has 2 amide bonds. The molecular weight excluding hydrogens is 376 g/mol. The molecule has 0 saturated heterocycles. The number of benzene rings is 2. The fourth-order valence-corrected chi connectivity index (χ4v) is 3.74. The van der Waals surface area contributed by atoms with Crippen LogP contribution >= 0.6 is 23.5 Å². The van der Waals surface area contributed by atoms with Crippen LogP contribution < -0.4 is 0 Å². The molecule has 0 unspecified atom stereocenters. The monoisotopic (exact) mass is 402 g/mol. The van der Waals surface area contributed by atoms with Crippen LogP contribution in [-0.4, -0.2) is 48.5 Å². The van der Waals surface area contributed by atoms with Crippen LogP contribution in [0.3, 0.4) is 0 Å². The van der Waals surface area contributed by atoms with Crippen LogP contribution in [0.2, 0.25) is 0 Å². The maximum Gasteiger partial charge on any atom is 0.285 e. The Hall–Kier alpha value is -1.92. The molecule has 0 aliphatic rings. The predicted octanol–water partition coefficient (Wildman–Crippen LogP) is 5.56. The molecule has 0 aromatic heterocycles. The molecule has 0 bridgehead atoms. The minimum Gasteiger partial charge on any atom is -0.339 e. The third kappa shape index (κ3) is 5.53. The fourth-order valence-electron chi connectivity index (χ4n) is 2.43. The molecule has 0 spiro atoms. The molecule has 0 fully saturated rings. The fraction of sp³-hybridized carbons (Fsp3) is 0.333. The van der Waals surface area contributed by atoms with E-state index < -0.39 is 0 Å². The highest BCUT2D eigenvalue weighted by Crippen LogP contribution is 2.34. The van der Waals surface area contributed by atoms with Crippen molar-refractivity contribution < 1.29 is 9.59 Å². The van der Waals surface area contributed by atoms with Crippen LogP contribution in [0.15, 0.2) is 58.3 Å². The van der Waals surface area contributed by atoms with Crippen molar-refractivity contribution in [2.45, 2.75) is 29.1 Å². The summed E-state index contributed by atoms with van der Waals surface area (Å²) in [5, 5.41) is 0.0322. The third-order valence-corrected chi connectivity index (χ3v) is 6.39. The van der Waals surface area contributed by atoms with Crippen LogP contribution in [0.25, 0.3) is 0 Å². The van der Waals surface area contributed by atoms with Crippen LogP contribution in [-0.2, 0) is 5.41 Å². The van der Waals surface area contributed by atoms with Crippen molar-refractivity contribution in [2.24, 2.45) is 0 Å². The average Bonchev–Trinajstić information content (AvgIpc) is 2.62. The third-order valence-electron chi connectivity index (χ3n) is 4.29. The van der Waals surface area contributed by atoms with E-state index in [4.69, 9.17) is 0 Å². The lowest BCUT2D eigenvalue weighted by atomic mass is 9.78. The Morgan fingerprint density at radius 2 is 0.963 bits per heavy atom. The van der Waals surface area contributed by atoms with Crippen molar-refractivity contribution >= 4 is 34.0 Å². The van der Waals surface area contributed by atoms with Crippen LogP contribution in [0, 0.1) is 0 Å². The van der Waals surface area contributed by atoms with Gasteiger partial charge in [-0.3, -0.25) is 9.59 Å². The molecule has 0 aliphatic carbocycles. The lowest BCUT2D eigenvalue weighted by Crippen LogP contribution is -2.19. The van der Waals surface area contributed by atoms with Gasteiger partial charge in [-0.15, -0.1) is 0 Å². The maximum atomic E-state index is 11.8. The molecule has 0 radical (unpaired) electrons. The number of carbonyl (C=O) groups excluding carboxylic acids is 2. The molecule has 2 aromatic rings. The van der Waals surface area contributed by atoms with Gasteiger partial charge in [0.25, 0.3) is 10.5 Å². The Morgan fingerprint density at radius 3 is 1.22 bits per heavy atom. The number of nitrogens with zero attached hydrogens (tertiary/aromatic N) is 2.